The van der Waals surface area contributed by atoms with Crippen LogP contribution in [0.1, 0.15) is 35.5 Å². The van der Waals surface area contributed by atoms with E-state index >= 15 is 0 Å². The highest BCUT2D eigenvalue weighted by molar-refractivity contribution is 5.98. The summed E-state index contributed by atoms with van der Waals surface area (Å²) in [7, 11) is 0. The van der Waals surface area contributed by atoms with E-state index in [4.69, 9.17) is 0 Å². The lowest BCUT2D eigenvalue weighted by atomic mass is 9.84. The Hall–Kier alpha value is -2.95. The normalized spacial score (nSPS) is 15.6. The highest BCUT2D eigenvalue weighted by Crippen LogP contribution is 2.32. The maximum absolute atomic E-state index is 12.2. The number of fused-ring (bicyclic) bond motifs is 1. The number of H-pyrrole nitrogens is 1. The fourth-order valence-electron chi connectivity index (χ4n) is 3.14. The number of aryl methyl sites for hydroxylation is 1. The minimum absolute atomic E-state index is 0.0374. The van der Waals surface area contributed by atoms with Gasteiger partial charge in [0, 0.05) is 29.4 Å². The van der Waals surface area contributed by atoms with Gasteiger partial charge in [0.15, 0.2) is 5.82 Å². The van der Waals surface area contributed by atoms with Crippen molar-refractivity contribution in [3.8, 4) is 22.8 Å². The maximum Gasteiger partial charge on any atom is 0.253 e. The van der Waals surface area contributed by atoms with Crippen molar-refractivity contribution in [3.63, 3.8) is 0 Å². The molecule has 0 fully saturated rings. The van der Waals surface area contributed by atoms with Crippen molar-refractivity contribution >= 4 is 5.91 Å². The number of carbonyl (C=O) groups excluding carboxylic acids is 1. The molecule has 0 aliphatic carbocycles. The second-order valence-electron chi connectivity index (χ2n) is 7.17. The second kappa shape index (κ2) is 5.55. The number of aromatic amines is 1. The van der Waals surface area contributed by atoms with E-state index in [0.717, 1.165) is 22.6 Å². The number of hydrogen-bond acceptors (Lipinski definition) is 3. The summed E-state index contributed by atoms with van der Waals surface area (Å²) in [5, 5.41) is 2.94. The Morgan fingerprint density at radius 2 is 1.88 bits per heavy atom. The molecule has 1 aromatic carbocycles. The molecule has 2 aromatic heterocycles. The van der Waals surface area contributed by atoms with Crippen molar-refractivity contribution in [2.24, 2.45) is 0 Å². The van der Waals surface area contributed by atoms with Crippen LogP contribution in [-0.4, -0.2) is 27.4 Å². The Balaban J connectivity index is 1.78. The summed E-state index contributed by atoms with van der Waals surface area (Å²) in [5.74, 6) is 0.637. The van der Waals surface area contributed by atoms with E-state index in [2.05, 4.69) is 41.0 Å². The lowest BCUT2D eigenvalue weighted by Crippen LogP contribution is -2.43. The lowest BCUT2D eigenvalue weighted by molar-refractivity contribution is 0.0929. The van der Waals surface area contributed by atoms with Crippen molar-refractivity contribution < 1.29 is 4.79 Å². The van der Waals surface area contributed by atoms with E-state index in [0.29, 0.717) is 17.9 Å². The molecule has 0 spiro atoms. The van der Waals surface area contributed by atoms with Crippen molar-refractivity contribution in [1.29, 1.82) is 0 Å². The van der Waals surface area contributed by atoms with Crippen molar-refractivity contribution in [2.45, 2.75) is 26.2 Å². The van der Waals surface area contributed by atoms with Crippen LogP contribution in [0.2, 0.25) is 0 Å². The molecule has 0 radical (unpaired) electrons. The van der Waals surface area contributed by atoms with Gasteiger partial charge in [0.1, 0.15) is 0 Å². The molecule has 1 aliphatic heterocycles. The van der Waals surface area contributed by atoms with Crippen LogP contribution in [0.4, 0.5) is 0 Å². The highest BCUT2D eigenvalue weighted by atomic mass is 16.1. The van der Waals surface area contributed by atoms with Gasteiger partial charge in [0.05, 0.1) is 17.0 Å². The molecule has 126 valence electrons. The first-order valence-electron chi connectivity index (χ1n) is 8.36. The van der Waals surface area contributed by atoms with Crippen LogP contribution in [0.25, 0.3) is 22.8 Å². The molecule has 2 N–H and O–H groups in total. The van der Waals surface area contributed by atoms with Gasteiger partial charge < -0.3 is 10.3 Å². The predicted octanol–water partition coefficient (Wildman–Crippen LogP) is 3.47. The van der Waals surface area contributed by atoms with Crippen molar-refractivity contribution in [2.75, 3.05) is 6.54 Å². The zero-order chi connectivity index (χ0) is 17.6. The number of hydrogen-bond donors (Lipinski definition) is 2. The van der Waals surface area contributed by atoms with Gasteiger partial charge in [-0.1, -0.05) is 43.7 Å². The van der Waals surface area contributed by atoms with Gasteiger partial charge >= 0.3 is 0 Å². The predicted molar refractivity (Wildman–Crippen MR) is 97.4 cm³/mol. The SMILES string of the molecule is Cc1ccc(-c2nccc(-c3cc4c([nH]3)C(C)(C)CNC4=O)n2)cc1. The molecule has 5 heteroatoms. The smallest absolute Gasteiger partial charge is 0.253 e. The molecular formula is C20H20N4O. The third-order valence-corrected chi connectivity index (χ3v) is 4.67. The Morgan fingerprint density at radius 1 is 1.12 bits per heavy atom. The zero-order valence-electron chi connectivity index (χ0n) is 14.6. The van der Waals surface area contributed by atoms with Crippen LogP contribution < -0.4 is 5.32 Å². The number of aromatic nitrogens is 3. The third-order valence-electron chi connectivity index (χ3n) is 4.67. The van der Waals surface area contributed by atoms with E-state index in [1.165, 1.54) is 5.56 Å². The molecule has 0 atom stereocenters. The number of carbonyl (C=O) groups is 1. The molecule has 0 unspecified atom stereocenters. The average molecular weight is 332 g/mol. The van der Waals surface area contributed by atoms with Gasteiger partial charge in [-0.2, -0.15) is 0 Å². The Morgan fingerprint density at radius 3 is 2.60 bits per heavy atom. The minimum atomic E-state index is -0.131. The molecular weight excluding hydrogens is 312 g/mol. The first-order valence-corrected chi connectivity index (χ1v) is 8.36. The van der Waals surface area contributed by atoms with Gasteiger partial charge in [-0.3, -0.25) is 4.79 Å². The molecule has 0 bridgehead atoms. The quantitative estimate of drug-likeness (QED) is 0.755. The fourth-order valence-corrected chi connectivity index (χ4v) is 3.14. The van der Waals surface area contributed by atoms with E-state index in [-0.39, 0.29) is 11.3 Å². The molecule has 0 saturated carbocycles. The second-order valence-corrected chi connectivity index (χ2v) is 7.17. The van der Waals surface area contributed by atoms with Crippen molar-refractivity contribution in [1.82, 2.24) is 20.3 Å². The van der Waals surface area contributed by atoms with E-state index in [9.17, 15) is 4.79 Å². The molecule has 25 heavy (non-hydrogen) atoms. The molecule has 3 heterocycles. The lowest BCUT2D eigenvalue weighted by Gasteiger charge is -2.29. The molecule has 1 aliphatic rings. The molecule has 4 rings (SSSR count). The molecule has 3 aromatic rings. The van der Waals surface area contributed by atoms with Crippen LogP contribution in [0.3, 0.4) is 0 Å². The monoisotopic (exact) mass is 332 g/mol. The van der Waals surface area contributed by atoms with Crippen LogP contribution in [0, 0.1) is 6.92 Å². The number of benzene rings is 1. The minimum Gasteiger partial charge on any atom is -0.356 e. The van der Waals surface area contributed by atoms with E-state index < -0.39 is 0 Å². The molecule has 1 amide bonds. The zero-order valence-corrected chi connectivity index (χ0v) is 14.6. The summed E-state index contributed by atoms with van der Waals surface area (Å²) in [6, 6.07) is 11.9. The Labute approximate surface area is 146 Å². The fraction of sp³-hybridized carbons (Fsp3) is 0.250. The number of amides is 1. The van der Waals surface area contributed by atoms with Gasteiger partial charge in [0.2, 0.25) is 0 Å². The largest absolute Gasteiger partial charge is 0.356 e. The topological polar surface area (TPSA) is 70.7 Å². The van der Waals surface area contributed by atoms with Crippen molar-refractivity contribution in [3.05, 3.63) is 59.4 Å². The summed E-state index contributed by atoms with van der Waals surface area (Å²) in [4.78, 5) is 24.7. The third kappa shape index (κ3) is 2.71. The standard InChI is InChI=1S/C20H20N4O/c1-12-4-6-13(7-5-12)18-21-9-8-15(24-18)16-10-14-17(23-16)20(2,3)11-22-19(14)25/h4-10,23H,11H2,1-3H3,(H,22,25). The Bertz CT molecular complexity index is 954. The first kappa shape index (κ1) is 15.6. The van der Waals surface area contributed by atoms with Crippen LogP contribution in [-0.2, 0) is 5.41 Å². The van der Waals surface area contributed by atoms with Gasteiger partial charge in [-0.15, -0.1) is 0 Å². The number of nitrogens with one attached hydrogen (secondary N) is 2. The summed E-state index contributed by atoms with van der Waals surface area (Å²) in [6.45, 7) is 6.90. The van der Waals surface area contributed by atoms with E-state index in [1.807, 2.05) is 36.4 Å². The van der Waals surface area contributed by atoms with Crippen LogP contribution in [0.5, 0.6) is 0 Å². The molecule has 0 saturated heterocycles. The highest BCUT2D eigenvalue weighted by Gasteiger charge is 2.33. The van der Waals surface area contributed by atoms with Crippen LogP contribution in [0.15, 0.2) is 42.6 Å². The summed E-state index contributed by atoms with van der Waals surface area (Å²) < 4.78 is 0. The Kier molecular flexibility index (Phi) is 3.46. The first-order chi connectivity index (χ1) is 11.9. The van der Waals surface area contributed by atoms with Gasteiger partial charge in [-0.05, 0) is 19.1 Å². The summed E-state index contributed by atoms with van der Waals surface area (Å²) in [5.41, 5.74) is 5.32. The van der Waals surface area contributed by atoms with E-state index in [1.54, 1.807) is 6.20 Å². The van der Waals surface area contributed by atoms with Crippen LogP contribution >= 0.6 is 0 Å². The van der Waals surface area contributed by atoms with Gasteiger partial charge in [-0.25, -0.2) is 9.97 Å². The molecule has 5 nitrogen and oxygen atoms in total. The summed E-state index contributed by atoms with van der Waals surface area (Å²) in [6.07, 6.45) is 1.75. The average Bonchev–Trinajstić information content (AvgIpc) is 3.07. The van der Waals surface area contributed by atoms with Gasteiger partial charge in [0.25, 0.3) is 5.91 Å². The summed E-state index contributed by atoms with van der Waals surface area (Å²) >= 11 is 0. The number of rotatable bonds is 2. The maximum atomic E-state index is 12.2. The number of nitrogens with zero attached hydrogens (tertiary/aromatic N) is 2.